The Morgan fingerprint density at radius 1 is 1.53 bits per heavy atom. The summed E-state index contributed by atoms with van der Waals surface area (Å²) in [5, 5.41) is 12.7. The highest BCUT2D eigenvalue weighted by Crippen LogP contribution is 2.36. The Labute approximate surface area is 97.9 Å². The lowest BCUT2D eigenvalue weighted by Gasteiger charge is -2.07. The van der Waals surface area contributed by atoms with Crippen molar-refractivity contribution in [2.75, 3.05) is 20.7 Å². The van der Waals surface area contributed by atoms with Gasteiger partial charge in [-0.15, -0.1) is 0 Å². The van der Waals surface area contributed by atoms with Crippen LogP contribution in [0.3, 0.4) is 0 Å². The number of phenols is 1. The van der Waals surface area contributed by atoms with Gasteiger partial charge in [-0.05, 0) is 40.7 Å². The molecule has 82 valence electrons. The Kier molecular flexibility index (Phi) is 4.65. The number of rotatable bonds is 4. The maximum atomic E-state index is 9.71. The van der Waals surface area contributed by atoms with E-state index in [1.807, 2.05) is 25.3 Å². The fourth-order valence-electron chi connectivity index (χ4n) is 1.16. The molecule has 15 heavy (non-hydrogen) atoms. The third-order valence-electron chi connectivity index (χ3n) is 1.95. The first-order chi connectivity index (χ1) is 7.20. The van der Waals surface area contributed by atoms with E-state index < -0.39 is 0 Å². The molecule has 0 heterocycles. The fourth-order valence-corrected chi connectivity index (χ4v) is 1.62. The zero-order valence-corrected chi connectivity index (χ0v) is 10.3. The summed E-state index contributed by atoms with van der Waals surface area (Å²) in [5.41, 5.74) is 0.920. The molecule has 0 saturated carbocycles. The zero-order valence-electron chi connectivity index (χ0n) is 8.75. The number of phenolic OH excluding ortho intramolecular Hbond substituents is 1. The molecule has 0 spiro atoms. The standard InChI is InChI=1S/C11H14BrNO2/c1-13-7-3-4-8-5-6-9(15-2)11(14)10(8)12/h3-6,13-14H,7H2,1-2H3. The number of aromatic hydroxyl groups is 1. The van der Waals surface area contributed by atoms with Crippen LogP contribution in [0.5, 0.6) is 11.5 Å². The maximum Gasteiger partial charge on any atom is 0.172 e. The zero-order chi connectivity index (χ0) is 11.3. The van der Waals surface area contributed by atoms with Crippen LogP contribution in [0.15, 0.2) is 22.7 Å². The average Bonchev–Trinajstić information content (AvgIpc) is 2.25. The number of ether oxygens (including phenoxy) is 1. The first-order valence-corrected chi connectivity index (χ1v) is 5.36. The van der Waals surface area contributed by atoms with E-state index in [1.54, 1.807) is 6.07 Å². The Balaban J connectivity index is 2.96. The third kappa shape index (κ3) is 2.97. The highest BCUT2D eigenvalue weighted by molar-refractivity contribution is 9.10. The maximum absolute atomic E-state index is 9.71. The SMILES string of the molecule is CNCC=Cc1ccc(OC)c(O)c1Br. The number of hydrogen-bond donors (Lipinski definition) is 2. The van der Waals surface area contributed by atoms with Crippen LogP contribution in [0.4, 0.5) is 0 Å². The first-order valence-electron chi connectivity index (χ1n) is 4.57. The van der Waals surface area contributed by atoms with E-state index in [9.17, 15) is 5.11 Å². The van der Waals surface area contributed by atoms with E-state index in [0.29, 0.717) is 10.2 Å². The third-order valence-corrected chi connectivity index (χ3v) is 2.78. The summed E-state index contributed by atoms with van der Waals surface area (Å²) in [6, 6.07) is 3.62. The van der Waals surface area contributed by atoms with E-state index in [2.05, 4.69) is 21.2 Å². The summed E-state index contributed by atoms with van der Waals surface area (Å²) in [5.74, 6) is 0.594. The molecule has 0 aromatic heterocycles. The number of likely N-dealkylation sites (N-methyl/N-ethyl adjacent to an activating group) is 1. The van der Waals surface area contributed by atoms with E-state index in [1.165, 1.54) is 7.11 Å². The van der Waals surface area contributed by atoms with Gasteiger partial charge in [0.2, 0.25) is 0 Å². The Morgan fingerprint density at radius 2 is 2.27 bits per heavy atom. The molecule has 1 aromatic carbocycles. The van der Waals surface area contributed by atoms with E-state index in [4.69, 9.17) is 4.74 Å². The van der Waals surface area contributed by atoms with Crippen LogP contribution < -0.4 is 10.1 Å². The van der Waals surface area contributed by atoms with E-state index in [-0.39, 0.29) is 5.75 Å². The van der Waals surface area contributed by atoms with Crippen molar-refractivity contribution in [2.24, 2.45) is 0 Å². The van der Waals surface area contributed by atoms with E-state index >= 15 is 0 Å². The molecule has 3 nitrogen and oxygen atoms in total. The first kappa shape index (κ1) is 12.1. The van der Waals surface area contributed by atoms with Crippen molar-refractivity contribution >= 4 is 22.0 Å². The van der Waals surface area contributed by atoms with Gasteiger partial charge in [0.25, 0.3) is 0 Å². The molecule has 0 aliphatic heterocycles. The lowest BCUT2D eigenvalue weighted by atomic mass is 10.2. The Morgan fingerprint density at radius 3 is 2.87 bits per heavy atom. The van der Waals surface area contributed by atoms with Gasteiger partial charge in [0, 0.05) is 6.54 Å². The van der Waals surface area contributed by atoms with Crippen LogP contribution in [0, 0.1) is 0 Å². The number of hydrogen-bond acceptors (Lipinski definition) is 3. The average molecular weight is 272 g/mol. The summed E-state index contributed by atoms with van der Waals surface area (Å²) in [7, 11) is 3.41. The van der Waals surface area contributed by atoms with Gasteiger partial charge in [0.15, 0.2) is 11.5 Å². The second-order valence-corrected chi connectivity index (χ2v) is 3.77. The van der Waals surface area contributed by atoms with Crippen molar-refractivity contribution in [1.29, 1.82) is 0 Å². The van der Waals surface area contributed by atoms with Crippen LogP contribution in [0.2, 0.25) is 0 Å². The van der Waals surface area contributed by atoms with Crippen molar-refractivity contribution in [3.8, 4) is 11.5 Å². The molecular weight excluding hydrogens is 258 g/mol. The minimum atomic E-state index is 0.129. The normalized spacial score (nSPS) is 10.9. The predicted molar refractivity (Wildman–Crippen MR) is 65.3 cm³/mol. The molecule has 0 saturated heterocycles. The summed E-state index contributed by atoms with van der Waals surface area (Å²) >= 11 is 3.32. The summed E-state index contributed by atoms with van der Waals surface area (Å²) < 4.78 is 5.64. The van der Waals surface area contributed by atoms with Gasteiger partial charge in [-0.3, -0.25) is 0 Å². The number of benzene rings is 1. The highest BCUT2D eigenvalue weighted by atomic mass is 79.9. The van der Waals surface area contributed by atoms with E-state index in [0.717, 1.165) is 12.1 Å². The van der Waals surface area contributed by atoms with Crippen molar-refractivity contribution < 1.29 is 9.84 Å². The second kappa shape index (κ2) is 5.78. The quantitative estimate of drug-likeness (QED) is 0.884. The highest BCUT2D eigenvalue weighted by Gasteiger charge is 2.08. The topological polar surface area (TPSA) is 41.5 Å². The molecule has 0 radical (unpaired) electrons. The second-order valence-electron chi connectivity index (χ2n) is 2.98. The molecule has 1 aromatic rings. The van der Waals surface area contributed by atoms with Gasteiger partial charge in [-0.2, -0.15) is 0 Å². The van der Waals surface area contributed by atoms with Crippen LogP contribution in [-0.2, 0) is 0 Å². The minimum absolute atomic E-state index is 0.129. The predicted octanol–water partition coefficient (Wildman–Crippen LogP) is 2.40. The lowest BCUT2D eigenvalue weighted by Crippen LogP contribution is -2.03. The van der Waals surface area contributed by atoms with Crippen molar-refractivity contribution in [3.05, 3.63) is 28.2 Å². The molecule has 0 amide bonds. The lowest BCUT2D eigenvalue weighted by molar-refractivity contribution is 0.372. The van der Waals surface area contributed by atoms with Gasteiger partial charge in [-0.25, -0.2) is 0 Å². The summed E-state index contributed by atoms with van der Waals surface area (Å²) in [6.07, 6.45) is 3.91. The fraction of sp³-hybridized carbons (Fsp3) is 0.273. The summed E-state index contributed by atoms with van der Waals surface area (Å²) in [4.78, 5) is 0. The molecule has 0 fully saturated rings. The Hall–Kier alpha value is -1.00. The molecule has 2 N–H and O–H groups in total. The summed E-state index contributed by atoms with van der Waals surface area (Å²) in [6.45, 7) is 0.791. The van der Waals surface area contributed by atoms with Crippen molar-refractivity contribution in [1.82, 2.24) is 5.32 Å². The van der Waals surface area contributed by atoms with Crippen LogP contribution in [-0.4, -0.2) is 25.8 Å². The molecule has 0 aliphatic carbocycles. The van der Waals surface area contributed by atoms with Gasteiger partial charge >= 0.3 is 0 Å². The largest absolute Gasteiger partial charge is 0.503 e. The smallest absolute Gasteiger partial charge is 0.172 e. The number of nitrogens with one attached hydrogen (secondary N) is 1. The molecule has 0 aliphatic rings. The molecule has 0 bridgehead atoms. The van der Waals surface area contributed by atoms with Gasteiger partial charge in [0.1, 0.15) is 0 Å². The van der Waals surface area contributed by atoms with Gasteiger partial charge in [-0.1, -0.05) is 12.2 Å². The Bertz CT molecular complexity index is 364. The van der Waals surface area contributed by atoms with Crippen molar-refractivity contribution in [3.63, 3.8) is 0 Å². The van der Waals surface area contributed by atoms with Gasteiger partial charge < -0.3 is 15.2 Å². The van der Waals surface area contributed by atoms with Crippen LogP contribution in [0.1, 0.15) is 5.56 Å². The number of halogens is 1. The van der Waals surface area contributed by atoms with Crippen molar-refractivity contribution in [2.45, 2.75) is 0 Å². The molecule has 1 rings (SSSR count). The number of methoxy groups -OCH3 is 1. The molecule has 0 atom stereocenters. The monoisotopic (exact) mass is 271 g/mol. The molecule has 4 heteroatoms. The minimum Gasteiger partial charge on any atom is -0.503 e. The molecule has 0 unspecified atom stereocenters. The van der Waals surface area contributed by atoms with Crippen LogP contribution >= 0.6 is 15.9 Å². The molecular formula is C11H14BrNO2. The van der Waals surface area contributed by atoms with Crippen LogP contribution in [0.25, 0.3) is 6.08 Å². The van der Waals surface area contributed by atoms with Gasteiger partial charge in [0.05, 0.1) is 11.6 Å².